The lowest BCUT2D eigenvalue weighted by Crippen LogP contribution is -2.48. The Labute approximate surface area is 160 Å². The van der Waals surface area contributed by atoms with Gasteiger partial charge in [0.2, 0.25) is 5.95 Å². The van der Waals surface area contributed by atoms with Gasteiger partial charge in [0.05, 0.1) is 11.4 Å². The fraction of sp³-hybridized carbons (Fsp3) is 0.611. The number of sulfonamides is 1. The first-order valence-corrected chi connectivity index (χ1v) is 10.7. The van der Waals surface area contributed by atoms with E-state index in [1.54, 1.807) is 17.4 Å². The van der Waals surface area contributed by atoms with Crippen LogP contribution in [0.3, 0.4) is 0 Å². The molecule has 4 rings (SSSR count). The molecule has 27 heavy (non-hydrogen) atoms. The van der Waals surface area contributed by atoms with E-state index in [0.29, 0.717) is 24.7 Å². The van der Waals surface area contributed by atoms with Gasteiger partial charge in [-0.3, -0.25) is 4.68 Å². The first kappa shape index (κ1) is 18.4. The van der Waals surface area contributed by atoms with Crippen LogP contribution >= 0.6 is 0 Å². The van der Waals surface area contributed by atoms with Gasteiger partial charge in [0.25, 0.3) is 10.0 Å². The molecule has 1 saturated heterocycles. The smallest absolute Gasteiger partial charge is 0.260 e. The van der Waals surface area contributed by atoms with E-state index in [1.807, 2.05) is 32.1 Å². The third-order valence-corrected chi connectivity index (χ3v) is 7.63. The van der Waals surface area contributed by atoms with Crippen molar-refractivity contribution in [2.75, 3.05) is 32.1 Å². The zero-order valence-electron chi connectivity index (χ0n) is 16.3. The quantitative estimate of drug-likeness (QED) is 0.784. The second-order valence-corrected chi connectivity index (χ2v) is 9.79. The molecule has 0 bridgehead atoms. The van der Waals surface area contributed by atoms with Crippen LogP contribution in [0.2, 0.25) is 0 Å². The molecule has 0 aromatic carbocycles. The van der Waals surface area contributed by atoms with E-state index in [4.69, 9.17) is 4.98 Å². The zero-order valence-corrected chi connectivity index (χ0v) is 17.1. The van der Waals surface area contributed by atoms with Crippen LogP contribution in [0.25, 0.3) is 0 Å². The summed E-state index contributed by atoms with van der Waals surface area (Å²) in [5.41, 5.74) is 2.66. The molecule has 1 atom stereocenters. The van der Waals surface area contributed by atoms with E-state index in [2.05, 4.69) is 10.1 Å². The molecule has 1 fully saturated rings. The molecule has 2 aliphatic rings. The summed E-state index contributed by atoms with van der Waals surface area (Å²) in [4.78, 5) is 11.1. The van der Waals surface area contributed by atoms with Crippen molar-refractivity contribution in [1.29, 1.82) is 0 Å². The molecular formula is C18H26N6O2S. The van der Waals surface area contributed by atoms with Crippen LogP contribution in [0.1, 0.15) is 36.2 Å². The molecule has 0 saturated carbocycles. The summed E-state index contributed by atoms with van der Waals surface area (Å²) in [6.45, 7) is 2.81. The molecule has 8 nitrogen and oxygen atoms in total. The Morgan fingerprint density at radius 3 is 2.70 bits per heavy atom. The van der Waals surface area contributed by atoms with E-state index in [1.165, 1.54) is 4.68 Å². The number of fused-ring (bicyclic) bond motifs is 2. The van der Waals surface area contributed by atoms with Gasteiger partial charge in [0.15, 0.2) is 5.03 Å². The molecule has 0 radical (unpaired) electrons. The monoisotopic (exact) mass is 390 g/mol. The van der Waals surface area contributed by atoms with Crippen molar-refractivity contribution in [2.45, 2.75) is 43.0 Å². The largest absolute Gasteiger partial charge is 0.347 e. The topological polar surface area (TPSA) is 84.2 Å². The summed E-state index contributed by atoms with van der Waals surface area (Å²) in [5, 5.41) is 4.47. The van der Waals surface area contributed by atoms with Crippen molar-refractivity contribution >= 4 is 16.0 Å². The van der Waals surface area contributed by atoms with Gasteiger partial charge in [0.1, 0.15) is 0 Å². The van der Waals surface area contributed by atoms with Gasteiger partial charge in [-0.15, -0.1) is 0 Å². The van der Waals surface area contributed by atoms with Gasteiger partial charge < -0.3 is 4.90 Å². The van der Waals surface area contributed by atoms with Crippen molar-refractivity contribution in [1.82, 2.24) is 24.1 Å². The average Bonchev–Trinajstić information content (AvgIpc) is 3.15. The number of piperidine rings is 1. The Morgan fingerprint density at radius 1 is 1.26 bits per heavy atom. The molecule has 1 unspecified atom stereocenters. The van der Waals surface area contributed by atoms with Crippen LogP contribution in [0, 0.1) is 6.92 Å². The maximum atomic E-state index is 13.3. The average molecular weight is 391 g/mol. The summed E-state index contributed by atoms with van der Waals surface area (Å²) >= 11 is 0. The summed E-state index contributed by atoms with van der Waals surface area (Å²) in [7, 11) is 1.94. The predicted molar refractivity (Wildman–Crippen MR) is 102 cm³/mol. The first-order chi connectivity index (χ1) is 12.7. The lowest BCUT2D eigenvalue weighted by molar-refractivity contribution is 0.218. The Balaban J connectivity index is 1.71. The zero-order chi connectivity index (χ0) is 19.4. The number of anilines is 1. The van der Waals surface area contributed by atoms with Crippen LogP contribution in [0.4, 0.5) is 5.95 Å². The highest BCUT2D eigenvalue weighted by Crippen LogP contribution is 2.45. The van der Waals surface area contributed by atoms with Gasteiger partial charge in [-0.25, -0.2) is 18.4 Å². The van der Waals surface area contributed by atoms with Crippen molar-refractivity contribution in [2.24, 2.45) is 7.05 Å². The van der Waals surface area contributed by atoms with Gasteiger partial charge in [-0.2, -0.15) is 9.40 Å². The van der Waals surface area contributed by atoms with Crippen LogP contribution in [-0.2, 0) is 28.9 Å². The maximum absolute atomic E-state index is 13.3. The van der Waals surface area contributed by atoms with Crippen LogP contribution in [0.15, 0.2) is 17.3 Å². The predicted octanol–water partition coefficient (Wildman–Crippen LogP) is 1.25. The number of aryl methyl sites for hydroxylation is 3. The Morgan fingerprint density at radius 2 is 2.04 bits per heavy atom. The number of aromatic nitrogens is 4. The third-order valence-electron chi connectivity index (χ3n) is 5.73. The van der Waals surface area contributed by atoms with Crippen LogP contribution in [0.5, 0.6) is 0 Å². The number of nitrogens with zero attached hydrogens (tertiary/aromatic N) is 6. The van der Waals surface area contributed by atoms with Crippen molar-refractivity contribution < 1.29 is 8.42 Å². The number of rotatable bonds is 3. The highest BCUT2D eigenvalue weighted by Gasteiger charge is 2.47. The van der Waals surface area contributed by atoms with Gasteiger partial charge >= 0.3 is 0 Å². The fourth-order valence-electron chi connectivity index (χ4n) is 4.40. The van der Waals surface area contributed by atoms with Crippen LogP contribution in [-0.4, -0.2) is 59.7 Å². The minimum Gasteiger partial charge on any atom is -0.347 e. The van der Waals surface area contributed by atoms with E-state index in [-0.39, 0.29) is 10.4 Å². The third kappa shape index (κ3) is 2.93. The van der Waals surface area contributed by atoms with Crippen molar-refractivity contribution in [3.8, 4) is 0 Å². The lowest BCUT2D eigenvalue weighted by atomic mass is 9.78. The van der Waals surface area contributed by atoms with Gasteiger partial charge in [0, 0.05) is 45.8 Å². The normalized spacial score (nSPS) is 23.0. The molecule has 1 aliphatic carbocycles. The van der Waals surface area contributed by atoms with Crippen molar-refractivity contribution in [3.63, 3.8) is 0 Å². The van der Waals surface area contributed by atoms with Crippen molar-refractivity contribution in [3.05, 3.63) is 29.2 Å². The molecule has 1 spiro atoms. The fourth-order valence-corrected chi connectivity index (χ4v) is 6.15. The van der Waals surface area contributed by atoms with E-state index in [9.17, 15) is 8.42 Å². The molecule has 0 N–H and O–H groups in total. The molecule has 3 heterocycles. The minimum absolute atomic E-state index is 0.220. The summed E-state index contributed by atoms with van der Waals surface area (Å²) < 4.78 is 29.6. The number of hydrogen-bond acceptors (Lipinski definition) is 6. The Hall–Kier alpha value is -2.00. The second-order valence-electron chi connectivity index (χ2n) is 7.91. The van der Waals surface area contributed by atoms with E-state index < -0.39 is 10.0 Å². The molecule has 146 valence electrons. The minimum atomic E-state index is -3.58. The number of hydrogen-bond donors (Lipinski definition) is 0. The van der Waals surface area contributed by atoms with Gasteiger partial charge in [-0.05, 0) is 44.2 Å². The van der Waals surface area contributed by atoms with E-state index >= 15 is 0 Å². The summed E-state index contributed by atoms with van der Waals surface area (Å²) in [6, 6.07) is 1.64. The molecule has 9 heteroatoms. The molecular weight excluding hydrogens is 364 g/mol. The highest BCUT2D eigenvalue weighted by molar-refractivity contribution is 7.89. The van der Waals surface area contributed by atoms with Crippen LogP contribution < -0.4 is 4.90 Å². The molecule has 2 aromatic heterocycles. The molecule has 0 amide bonds. The second kappa shape index (κ2) is 6.27. The highest BCUT2D eigenvalue weighted by atomic mass is 32.2. The summed E-state index contributed by atoms with van der Waals surface area (Å²) in [6.07, 6.45) is 5.52. The summed E-state index contributed by atoms with van der Waals surface area (Å²) in [5.74, 6) is 0.678. The first-order valence-electron chi connectivity index (χ1n) is 9.27. The molecule has 1 aliphatic heterocycles. The molecule has 2 aromatic rings. The Kier molecular flexibility index (Phi) is 4.27. The van der Waals surface area contributed by atoms with Gasteiger partial charge in [-0.1, -0.05) is 0 Å². The standard InChI is InChI=1S/C18H26N6O2S/c1-13-10-15(23(4)21-13)27(25,26)24-9-5-7-18(12-24)8-6-14-11-19-17(22(2)3)20-16(14)18/h10-11H,5-9,12H2,1-4H3. The maximum Gasteiger partial charge on any atom is 0.260 e. The SMILES string of the molecule is Cc1cc(S(=O)(=O)N2CCCC3(CCc4cnc(N(C)C)nc43)C2)n(C)n1. The lowest BCUT2D eigenvalue weighted by Gasteiger charge is -2.39. The Bertz CT molecular complexity index is 980. The van der Waals surface area contributed by atoms with E-state index in [0.717, 1.165) is 36.9 Å².